The highest BCUT2D eigenvalue weighted by atomic mass is 32.2. The van der Waals surface area contributed by atoms with Crippen LogP contribution in [0.25, 0.3) is 15.5 Å². The van der Waals surface area contributed by atoms with Crippen LogP contribution in [0, 0.1) is 0 Å². The second-order valence-corrected chi connectivity index (χ2v) is 8.37. The van der Waals surface area contributed by atoms with E-state index in [1.165, 1.54) is 26.1 Å². The first-order valence-corrected chi connectivity index (χ1v) is 9.41. The molecule has 0 bridgehead atoms. The average molecular weight is 370 g/mol. The van der Waals surface area contributed by atoms with Gasteiger partial charge >= 0.3 is 5.97 Å². The Kier molecular flexibility index (Phi) is 4.62. The van der Waals surface area contributed by atoms with E-state index in [0.29, 0.717) is 22.2 Å². The number of rotatable bonds is 5. The molecule has 2 aromatic heterocycles. The number of thiophene rings is 2. The van der Waals surface area contributed by atoms with Crippen LogP contribution in [0.15, 0.2) is 22.4 Å². The molecule has 1 saturated heterocycles. The molecule has 0 radical (unpaired) electrons. The normalized spacial score (nSPS) is 17.1. The predicted octanol–water partition coefficient (Wildman–Crippen LogP) is 4.03. The molecule has 0 saturated carbocycles. The Morgan fingerprint density at radius 3 is 2.95 bits per heavy atom. The fourth-order valence-corrected chi connectivity index (χ4v) is 5.50. The maximum Gasteiger partial charge on any atom is 0.303 e. The summed E-state index contributed by atoms with van der Waals surface area (Å²) in [4.78, 5) is 26.0. The lowest BCUT2D eigenvalue weighted by molar-refractivity contribution is -0.137. The van der Waals surface area contributed by atoms with Gasteiger partial charge in [0.25, 0.3) is 5.91 Å². The van der Waals surface area contributed by atoms with Crippen molar-refractivity contribution in [2.24, 2.45) is 0 Å². The number of fused-ring (bicyclic) bond motifs is 1. The summed E-state index contributed by atoms with van der Waals surface area (Å²) in [5.41, 5.74) is 0. The average Bonchev–Trinajstić information content (AvgIpc) is 3.08. The van der Waals surface area contributed by atoms with E-state index in [0.717, 1.165) is 4.88 Å². The number of carbonyl (C=O) groups is 2. The van der Waals surface area contributed by atoms with Crippen LogP contribution in [-0.4, -0.2) is 32.7 Å². The van der Waals surface area contributed by atoms with Crippen molar-refractivity contribution in [3.63, 3.8) is 0 Å². The third-order valence-electron chi connectivity index (χ3n) is 3.08. The maximum absolute atomic E-state index is 12.4. The van der Waals surface area contributed by atoms with Gasteiger partial charge in [-0.1, -0.05) is 24.0 Å². The van der Waals surface area contributed by atoms with Gasteiger partial charge in [0.05, 0.1) is 4.91 Å². The fourth-order valence-electron chi connectivity index (χ4n) is 2.07. The molecule has 4 nitrogen and oxygen atoms in total. The number of aliphatic carboxylic acids is 1. The summed E-state index contributed by atoms with van der Waals surface area (Å²) in [6.45, 7) is 0.355. The number of amides is 1. The first-order chi connectivity index (χ1) is 10.5. The number of nitrogens with zero attached hydrogens (tertiary/aromatic N) is 1. The van der Waals surface area contributed by atoms with Crippen LogP contribution < -0.4 is 0 Å². The number of carbonyl (C=O) groups excluding carboxylic acids is 1. The topological polar surface area (TPSA) is 57.6 Å². The van der Waals surface area contributed by atoms with Crippen LogP contribution in [0.5, 0.6) is 0 Å². The summed E-state index contributed by atoms with van der Waals surface area (Å²) in [6, 6.07) is 4.14. The highest BCUT2D eigenvalue weighted by Crippen LogP contribution is 2.36. The van der Waals surface area contributed by atoms with Gasteiger partial charge in [-0.2, -0.15) is 0 Å². The van der Waals surface area contributed by atoms with Crippen molar-refractivity contribution in [1.82, 2.24) is 4.90 Å². The zero-order valence-corrected chi connectivity index (χ0v) is 14.5. The molecule has 1 aliphatic rings. The Bertz CT molecular complexity index is 760. The minimum absolute atomic E-state index is 0.0390. The van der Waals surface area contributed by atoms with Gasteiger partial charge in [-0.3, -0.25) is 14.5 Å². The van der Waals surface area contributed by atoms with Crippen LogP contribution in [0.1, 0.15) is 17.7 Å². The van der Waals surface area contributed by atoms with E-state index in [4.69, 9.17) is 17.3 Å². The van der Waals surface area contributed by atoms with Crippen molar-refractivity contribution in [3.05, 3.63) is 27.3 Å². The number of hydrogen-bond acceptors (Lipinski definition) is 6. The van der Waals surface area contributed by atoms with Gasteiger partial charge in [0, 0.05) is 27.2 Å². The van der Waals surface area contributed by atoms with Gasteiger partial charge in [-0.25, -0.2) is 0 Å². The number of hydrogen-bond donors (Lipinski definition) is 1. The van der Waals surface area contributed by atoms with Gasteiger partial charge < -0.3 is 5.11 Å². The SMILES string of the molecule is O=C(O)CCCN1C(=O)/C(=C\c2cc3sccc3s2)SC1=S. The number of thioether (sulfide) groups is 1. The van der Waals surface area contributed by atoms with Crippen molar-refractivity contribution in [1.29, 1.82) is 0 Å². The first-order valence-electron chi connectivity index (χ1n) is 6.49. The van der Waals surface area contributed by atoms with Gasteiger partial charge in [0.2, 0.25) is 0 Å². The molecule has 0 unspecified atom stereocenters. The minimum atomic E-state index is -0.861. The van der Waals surface area contributed by atoms with Crippen LogP contribution in [0.3, 0.4) is 0 Å². The summed E-state index contributed by atoms with van der Waals surface area (Å²) in [7, 11) is 0. The summed E-state index contributed by atoms with van der Waals surface area (Å²) >= 11 is 9.83. The Hall–Kier alpha value is -1.22. The highest BCUT2D eigenvalue weighted by molar-refractivity contribution is 8.26. The molecule has 1 amide bonds. The molecule has 0 spiro atoms. The molecule has 114 valence electrons. The summed E-state index contributed by atoms with van der Waals surface area (Å²) < 4.78 is 2.93. The van der Waals surface area contributed by atoms with E-state index in [1.54, 1.807) is 22.7 Å². The molecule has 8 heteroatoms. The molecule has 1 N–H and O–H groups in total. The molecule has 0 aliphatic carbocycles. The zero-order valence-electron chi connectivity index (χ0n) is 11.3. The van der Waals surface area contributed by atoms with Crippen LogP contribution >= 0.6 is 46.7 Å². The van der Waals surface area contributed by atoms with Crippen LogP contribution in [-0.2, 0) is 9.59 Å². The molecule has 2 aromatic rings. The van der Waals surface area contributed by atoms with Crippen molar-refractivity contribution in [2.75, 3.05) is 6.54 Å². The van der Waals surface area contributed by atoms with Gasteiger partial charge in [-0.05, 0) is 30.0 Å². The lowest BCUT2D eigenvalue weighted by Crippen LogP contribution is -2.29. The third-order valence-corrected chi connectivity index (χ3v) is 6.50. The summed E-state index contributed by atoms with van der Waals surface area (Å²) in [5, 5.41) is 10.7. The largest absolute Gasteiger partial charge is 0.481 e. The molecular weight excluding hydrogens is 358 g/mol. The van der Waals surface area contributed by atoms with Crippen LogP contribution in [0.2, 0.25) is 0 Å². The fraction of sp³-hybridized carbons (Fsp3) is 0.214. The second-order valence-electron chi connectivity index (χ2n) is 4.63. The van der Waals surface area contributed by atoms with Gasteiger partial charge in [0.15, 0.2) is 0 Å². The number of carboxylic acids is 1. The Morgan fingerprint density at radius 1 is 1.41 bits per heavy atom. The summed E-state index contributed by atoms with van der Waals surface area (Å²) in [5.74, 6) is -0.989. The molecular formula is C14H11NO3S4. The standard InChI is InChI=1S/C14H11NO3S4/c16-12(17)2-1-4-15-13(18)11(22-14(15)19)7-8-6-10-9(21-8)3-5-20-10/h3,5-7H,1-2,4H2,(H,16,17)/b11-7+. The highest BCUT2D eigenvalue weighted by Gasteiger charge is 2.31. The van der Waals surface area contributed by atoms with Crippen molar-refractivity contribution >= 4 is 78.3 Å². The first kappa shape index (κ1) is 15.7. The van der Waals surface area contributed by atoms with E-state index in [1.807, 2.05) is 11.5 Å². The monoisotopic (exact) mass is 369 g/mol. The molecule has 1 aliphatic heterocycles. The van der Waals surface area contributed by atoms with E-state index >= 15 is 0 Å². The lowest BCUT2D eigenvalue weighted by atomic mass is 10.3. The van der Waals surface area contributed by atoms with Crippen LogP contribution in [0.4, 0.5) is 0 Å². The van der Waals surface area contributed by atoms with E-state index < -0.39 is 5.97 Å². The Balaban J connectivity index is 1.73. The number of carboxylic acid groups (broad SMARTS) is 1. The number of thiocarbonyl (C=S) groups is 1. The second kappa shape index (κ2) is 6.49. The smallest absolute Gasteiger partial charge is 0.303 e. The molecule has 1 fully saturated rings. The quantitative estimate of drug-likeness (QED) is 0.637. The Labute approximate surface area is 144 Å². The third kappa shape index (κ3) is 3.24. The van der Waals surface area contributed by atoms with E-state index in [9.17, 15) is 9.59 Å². The zero-order chi connectivity index (χ0) is 15.7. The van der Waals surface area contributed by atoms with Crippen molar-refractivity contribution in [2.45, 2.75) is 12.8 Å². The Morgan fingerprint density at radius 2 is 2.23 bits per heavy atom. The van der Waals surface area contributed by atoms with Crippen molar-refractivity contribution < 1.29 is 14.7 Å². The lowest BCUT2D eigenvalue weighted by Gasteiger charge is -2.13. The summed E-state index contributed by atoms with van der Waals surface area (Å²) in [6.07, 6.45) is 2.31. The van der Waals surface area contributed by atoms with E-state index in [-0.39, 0.29) is 12.3 Å². The van der Waals surface area contributed by atoms with Gasteiger partial charge in [0.1, 0.15) is 4.32 Å². The minimum Gasteiger partial charge on any atom is -0.481 e. The maximum atomic E-state index is 12.4. The molecule has 0 atom stereocenters. The molecule has 22 heavy (non-hydrogen) atoms. The predicted molar refractivity (Wildman–Crippen MR) is 96.5 cm³/mol. The van der Waals surface area contributed by atoms with E-state index in [2.05, 4.69) is 12.1 Å². The van der Waals surface area contributed by atoms with Crippen molar-refractivity contribution in [3.8, 4) is 0 Å². The molecule has 3 rings (SSSR count). The molecule has 0 aromatic carbocycles. The molecule has 3 heterocycles. The van der Waals surface area contributed by atoms with Gasteiger partial charge in [-0.15, -0.1) is 22.7 Å².